The summed E-state index contributed by atoms with van der Waals surface area (Å²) in [7, 11) is 1.66. The molecule has 5 heterocycles. The van der Waals surface area contributed by atoms with Gasteiger partial charge in [-0.15, -0.1) is 11.3 Å². The van der Waals surface area contributed by atoms with Gasteiger partial charge in [0.2, 0.25) is 5.95 Å². The van der Waals surface area contributed by atoms with Gasteiger partial charge in [-0.25, -0.2) is 9.97 Å². The summed E-state index contributed by atoms with van der Waals surface area (Å²) < 4.78 is 6.40. The van der Waals surface area contributed by atoms with Crippen molar-refractivity contribution < 1.29 is 4.74 Å². The number of hydrogen-bond acceptors (Lipinski definition) is 10. The molecule has 2 saturated heterocycles. The second-order valence-corrected chi connectivity index (χ2v) is 10.3. The van der Waals surface area contributed by atoms with Crippen LogP contribution in [0.5, 0.6) is 5.75 Å². The third-order valence-electron chi connectivity index (χ3n) is 6.91. The van der Waals surface area contributed by atoms with E-state index in [1.807, 2.05) is 36.4 Å². The van der Waals surface area contributed by atoms with Gasteiger partial charge in [0.15, 0.2) is 0 Å². The van der Waals surface area contributed by atoms with Gasteiger partial charge in [0.1, 0.15) is 28.0 Å². The first-order valence-corrected chi connectivity index (χ1v) is 13.5. The maximum atomic E-state index is 13.5. The average Bonchev–Trinajstić information content (AvgIpc) is 3.37. The highest BCUT2D eigenvalue weighted by atomic mass is 32.1. The molecule has 2 fully saturated rings. The van der Waals surface area contributed by atoms with Crippen molar-refractivity contribution in [2.45, 2.75) is 18.9 Å². The second-order valence-electron chi connectivity index (χ2n) is 9.32. The number of methoxy groups -OCH3 is 1. The Labute approximate surface area is 218 Å². The summed E-state index contributed by atoms with van der Waals surface area (Å²) in [4.78, 5) is 35.2. The number of fused-ring (bicyclic) bond motifs is 1. The third kappa shape index (κ3) is 4.96. The van der Waals surface area contributed by atoms with Crippen molar-refractivity contribution in [3.8, 4) is 16.3 Å². The van der Waals surface area contributed by atoms with E-state index in [0.717, 1.165) is 60.8 Å². The van der Waals surface area contributed by atoms with Crippen molar-refractivity contribution in [3.05, 3.63) is 52.9 Å². The molecule has 0 unspecified atom stereocenters. The molecular weight excluding hydrogens is 488 g/mol. The zero-order valence-electron chi connectivity index (χ0n) is 20.7. The minimum atomic E-state index is -0.174. The van der Waals surface area contributed by atoms with Crippen LogP contribution in [0.15, 0.2) is 47.4 Å². The number of ether oxygens (including phenoxy) is 1. The molecule has 3 aromatic heterocycles. The van der Waals surface area contributed by atoms with Gasteiger partial charge in [0, 0.05) is 51.0 Å². The molecule has 1 atom stereocenters. The lowest BCUT2D eigenvalue weighted by Crippen LogP contribution is -2.48. The van der Waals surface area contributed by atoms with Gasteiger partial charge in [-0.1, -0.05) is 12.1 Å². The van der Waals surface area contributed by atoms with Crippen LogP contribution >= 0.6 is 11.3 Å². The van der Waals surface area contributed by atoms with E-state index in [1.54, 1.807) is 13.3 Å². The molecule has 1 aromatic carbocycles. The molecule has 11 heteroatoms. The minimum Gasteiger partial charge on any atom is -0.497 e. The van der Waals surface area contributed by atoms with Crippen molar-refractivity contribution in [1.29, 1.82) is 0 Å². The van der Waals surface area contributed by atoms with Gasteiger partial charge in [-0.05, 0) is 37.6 Å². The predicted octanol–water partition coefficient (Wildman–Crippen LogP) is 2.94. The van der Waals surface area contributed by atoms with Crippen molar-refractivity contribution in [3.63, 3.8) is 0 Å². The van der Waals surface area contributed by atoms with E-state index in [2.05, 4.69) is 30.4 Å². The van der Waals surface area contributed by atoms with Gasteiger partial charge in [0.25, 0.3) is 5.56 Å². The van der Waals surface area contributed by atoms with Crippen LogP contribution in [0.3, 0.4) is 0 Å². The average molecular weight is 519 g/mol. The van der Waals surface area contributed by atoms with Gasteiger partial charge < -0.3 is 25.2 Å². The van der Waals surface area contributed by atoms with E-state index in [1.165, 1.54) is 11.3 Å². The fourth-order valence-corrected chi connectivity index (χ4v) is 5.92. The Kier molecular flexibility index (Phi) is 6.62. The molecule has 0 bridgehead atoms. The third-order valence-corrected chi connectivity index (χ3v) is 7.96. The maximum Gasteiger partial charge on any atom is 0.264 e. The number of thiazole rings is 1. The van der Waals surface area contributed by atoms with Crippen molar-refractivity contribution >= 4 is 39.1 Å². The van der Waals surface area contributed by atoms with E-state index in [0.29, 0.717) is 35.4 Å². The summed E-state index contributed by atoms with van der Waals surface area (Å²) in [5.41, 5.74) is 1.22. The molecular formula is C26H30N8O2S. The number of aromatic nitrogens is 4. The summed E-state index contributed by atoms with van der Waals surface area (Å²) in [5.74, 6) is 2.86. The summed E-state index contributed by atoms with van der Waals surface area (Å²) in [5, 5.41) is 7.69. The van der Waals surface area contributed by atoms with Crippen LogP contribution in [0.25, 0.3) is 20.8 Å². The summed E-state index contributed by atoms with van der Waals surface area (Å²) in [6.45, 7) is 4.82. The largest absolute Gasteiger partial charge is 0.497 e. The number of benzene rings is 1. The molecule has 2 aliphatic heterocycles. The molecule has 0 aliphatic carbocycles. The minimum absolute atomic E-state index is 0.174. The van der Waals surface area contributed by atoms with E-state index < -0.39 is 0 Å². The summed E-state index contributed by atoms with van der Waals surface area (Å²) >= 11 is 1.52. The van der Waals surface area contributed by atoms with Crippen LogP contribution in [-0.4, -0.2) is 72.4 Å². The highest BCUT2D eigenvalue weighted by Gasteiger charge is 2.25. The Hall–Kier alpha value is -3.70. The van der Waals surface area contributed by atoms with Crippen LogP contribution < -0.4 is 30.7 Å². The Morgan fingerprint density at radius 3 is 2.73 bits per heavy atom. The van der Waals surface area contributed by atoms with Gasteiger partial charge in [-0.2, -0.15) is 4.98 Å². The summed E-state index contributed by atoms with van der Waals surface area (Å²) in [6.07, 6.45) is 3.88. The molecule has 4 aromatic rings. The Morgan fingerprint density at radius 1 is 1.11 bits per heavy atom. The number of piperazine rings is 1. The number of anilines is 3. The number of aromatic amines is 1. The number of nitrogens with one attached hydrogen (secondary N) is 3. The number of para-hydroxylation sites is 1. The quantitative estimate of drug-likeness (QED) is 0.355. The molecule has 37 heavy (non-hydrogen) atoms. The molecule has 6 rings (SSSR count). The predicted molar refractivity (Wildman–Crippen MR) is 148 cm³/mol. The van der Waals surface area contributed by atoms with E-state index in [4.69, 9.17) is 14.7 Å². The van der Waals surface area contributed by atoms with Crippen molar-refractivity contribution in [2.75, 3.05) is 61.5 Å². The lowest BCUT2D eigenvalue weighted by molar-refractivity contribution is 0.414. The molecule has 0 saturated carbocycles. The first-order chi connectivity index (χ1) is 18.2. The highest BCUT2D eigenvalue weighted by Crippen LogP contribution is 2.33. The first kappa shape index (κ1) is 23.7. The van der Waals surface area contributed by atoms with E-state index in [9.17, 15) is 4.79 Å². The zero-order chi connectivity index (χ0) is 25.2. The number of hydrogen-bond donors (Lipinski definition) is 3. The monoisotopic (exact) mass is 518 g/mol. The maximum absolute atomic E-state index is 13.5. The molecule has 0 spiro atoms. The molecule has 2 aliphatic rings. The number of pyridine rings is 1. The lowest BCUT2D eigenvalue weighted by atomic mass is 10.1. The van der Waals surface area contributed by atoms with E-state index >= 15 is 0 Å². The van der Waals surface area contributed by atoms with Gasteiger partial charge >= 0.3 is 0 Å². The SMILES string of the molecule is COc1ccnc(N2CCN(c3nc(N[C@@H]4CCCNC4)c(-c4nc5ccccc5s4)c(=O)[nH]3)CC2)c1. The number of H-pyrrole nitrogens is 1. The number of nitrogens with zero attached hydrogens (tertiary/aromatic N) is 5. The molecule has 0 amide bonds. The highest BCUT2D eigenvalue weighted by molar-refractivity contribution is 7.21. The molecule has 10 nitrogen and oxygen atoms in total. The summed E-state index contributed by atoms with van der Waals surface area (Å²) in [6, 6.07) is 12.0. The van der Waals surface area contributed by atoms with Crippen LogP contribution in [0, 0.1) is 0 Å². The zero-order valence-corrected chi connectivity index (χ0v) is 21.6. The van der Waals surface area contributed by atoms with Gasteiger partial charge in [0.05, 0.1) is 17.3 Å². The van der Waals surface area contributed by atoms with Gasteiger partial charge in [-0.3, -0.25) is 9.78 Å². The van der Waals surface area contributed by atoms with Crippen LogP contribution in [-0.2, 0) is 0 Å². The Balaban J connectivity index is 1.29. The van der Waals surface area contributed by atoms with Crippen LogP contribution in [0.2, 0.25) is 0 Å². The molecule has 0 radical (unpaired) electrons. The first-order valence-electron chi connectivity index (χ1n) is 12.7. The standard InChI is InChI=1S/C26H30N8O2S/c1-36-18-8-10-28-21(15-18)33-11-13-34(14-12-33)26-31-23(29-17-5-4-9-27-16-17)22(24(35)32-26)25-30-19-6-2-3-7-20(19)37-25/h2-3,6-8,10,15,17,27H,4-5,9,11-14,16H2,1H3,(H2,29,31,32,35)/t17-/m1/s1. The smallest absolute Gasteiger partial charge is 0.264 e. The fraction of sp³-hybridized carbons (Fsp3) is 0.385. The van der Waals surface area contributed by atoms with Crippen molar-refractivity contribution in [2.24, 2.45) is 0 Å². The second kappa shape index (κ2) is 10.3. The van der Waals surface area contributed by atoms with E-state index in [-0.39, 0.29) is 11.6 Å². The lowest BCUT2D eigenvalue weighted by Gasteiger charge is -2.36. The number of piperidine rings is 1. The Bertz CT molecular complexity index is 1410. The fourth-order valence-electron chi connectivity index (χ4n) is 4.91. The van der Waals surface area contributed by atoms with Crippen molar-refractivity contribution in [1.82, 2.24) is 25.3 Å². The molecule has 192 valence electrons. The topological polar surface area (TPSA) is 111 Å². The van der Waals surface area contributed by atoms with Crippen LogP contribution in [0.1, 0.15) is 12.8 Å². The normalized spacial score (nSPS) is 18.2. The molecule has 3 N–H and O–H groups in total. The number of rotatable bonds is 6. The Morgan fingerprint density at radius 2 is 1.95 bits per heavy atom. The van der Waals surface area contributed by atoms with Crippen LogP contribution in [0.4, 0.5) is 17.6 Å².